The third-order valence-corrected chi connectivity index (χ3v) is 5.23. The van der Waals surface area contributed by atoms with E-state index in [4.69, 9.17) is 0 Å². The molecule has 1 atom stereocenters. The fourth-order valence-corrected chi connectivity index (χ4v) is 4.05. The summed E-state index contributed by atoms with van der Waals surface area (Å²) in [6.45, 7) is 7.21. The van der Waals surface area contributed by atoms with Gasteiger partial charge in [0, 0.05) is 38.8 Å². The highest BCUT2D eigenvalue weighted by molar-refractivity contribution is 7.88. The molecule has 0 aliphatic carbocycles. The summed E-state index contributed by atoms with van der Waals surface area (Å²) in [5, 5.41) is 8.64. The van der Waals surface area contributed by atoms with Gasteiger partial charge in [-0.1, -0.05) is 19.9 Å². The molecule has 0 spiro atoms. The number of hydrogen-bond acceptors (Lipinski definition) is 6. The Morgan fingerprint density at radius 3 is 2.65 bits per heavy atom. The van der Waals surface area contributed by atoms with Crippen molar-refractivity contribution < 1.29 is 8.42 Å². The Morgan fingerprint density at radius 2 is 2.00 bits per heavy atom. The smallest absolute Gasteiger partial charge is 0.209 e. The topological polar surface area (TPSA) is 93.0 Å². The van der Waals surface area contributed by atoms with E-state index in [2.05, 4.69) is 29.4 Å². The van der Waals surface area contributed by atoms with Crippen LogP contribution in [0.3, 0.4) is 0 Å². The molecule has 142 valence electrons. The molecule has 8 nitrogen and oxygen atoms in total. The molecule has 0 saturated carbocycles. The molecule has 3 rings (SSSR count). The standard InChI is InChI=1S/C17H26N6O2S/c1-13(2)16(21-26(3,24)25)17-20-19-15-7-9-22(10-11-23(15)17)12-14-6-4-5-8-18-14/h4-6,8,13,16,21H,7,9-12H2,1-3H3. The molecule has 1 aliphatic rings. The van der Waals surface area contributed by atoms with E-state index in [-0.39, 0.29) is 12.0 Å². The van der Waals surface area contributed by atoms with E-state index in [1.165, 1.54) is 6.26 Å². The molecule has 0 saturated heterocycles. The monoisotopic (exact) mass is 378 g/mol. The van der Waals surface area contributed by atoms with E-state index in [9.17, 15) is 8.42 Å². The third-order valence-electron chi connectivity index (χ3n) is 4.55. The zero-order valence-electron chi connectivity index (χ0n) is 15.5. The lowest BCUT2D eigenvalue weighted by molar-refractivity contribution is 0.266. The van der Waals surface area contributed by atoms with E-state index in [1.807, 2.05) is 38.2 Å². The first-order valence-electron chi connectivity index (χ1n) is 8.85. The van der Waals surface area contributed by atoms with Crippen molar-refractivity contribution in [2.24, 2.45) is 5.92 Å². The summed E-state index contributed by atoms with van der Waals surface area (Å²) in [4.78, 5) is 6.74. The number of rotatable bonds is 6. The first kappa shape index (κ1) is 18.9. The van der Waals surface area contributed by atoms with E-state index >= 15 is 0 Å². The minimum absolute atomic E-state index is 0.0749. The van der Waals surface area contributed by atoms with Gasteiger partial charge in [-0.05, 0) is 18.1 Å². The molecule has 1 aliphatic heterocycles. The van der Waals surface area contributed by atoms with Crippen molar-refractivity contribution in [1.29, 1.82) is 0 Å². The van der Waals surface area contributed by atoms with Crippen molar-refractivity contribution in [3.8, 4) is 0 Å². The van der Waals surface area contributed by atoms with Crippen LogP contribution < -0.4 is 4.72 Å². The van der Waals surface area contributed by atoms with Crippen molar-refractivity contribution in [2.75, 3.05) is 19.3 Å². The minimum Gasteiger partial charge on any atom is -0.312 e. The number of pyridine rings is 1. The SMILES string of the molecule is CC(C)C(NS(C)(=O)=O)c1nnc2n1CCN(Cc1ccccn1)CC2. The summed E-state index contributed by atoms with van der Waals surface area (Å²) < 4.78 is 28.3. The first-order chi connectivity index (χ1) is 12.3. The van der Waals surface area contributed by atoms with Gasteiger partial charge in [-0.3, -0.25) is 9.88 Å². The Balaban J connectivity index is 1.76. The molecule has 0 amide bonds. The predicted octanol–water partition coefficient (Wildman–Crippen LogP) is 0.978. The minimum atomic E-state index is -3.33. The predicted molar refractivity (Wildman–Crippen MR) is 98.8 cm³/mol. The van der Waals surface area contributed by atoms with Crippen LogP contribution in [0.1, 0.15) is 37.2 Å². The average molecular weight is 379 g/mol. The van der Waals surface area contributed by atoms with Crippen LogP contribution in [-0.4, -0.2) is 52.4 Å². The fourth-order valence-electron chi connectivity index (χ4n) is 3.22. The van der Waals surface area contributed by atoms with E-state index in [0.717, 1.165) is 44.1 Å². The Bertz CT molecular complexity index is 834. The number of nitrogens with zero attached hydrogens (tertiary/aromatic N) is 5. The Labute approximate surface area is 154 Å². The number of nitrogens with one attached hydrogen (secondary N) is 1. The van der Waals surface area contributed by atoms with Gasteiger partial charge in [-0.25, -0.2) is 13.1 Å². The molecule has 2 aromatic heterocycles. The average Bonchev–Trinajstić information content (AvgIpc) is 2.87. The summed E-state index contributed by atoms with van der Waals surface area (Å²) in [6, 6.07) is 5.56. The molecule has 0 radical (unpaired) electrons. The molecule has 1 unspecified atom stereocenters. The fraction of sp³-hybridized carbons (Fsp3) is 0.588. The number of aromatic nitrogens is 4. The van der Waals surface area contributed by atoms with Crippen LogP contribution >= 0.6 is 0 Å². The number of sulfonamides is 1. The highest BCUT2D eigenvalue weighted by atomic mass is 32.2. The van der Waals surface area contributed by atoms with Gasteiger partial charge in [0.1, 0.15) is 5.82 Å². The third kappa shape index (κ3) is 4.66. The molecule has 3 heterocycles. The van der Waals surface area contributed by atoms with Crippen LogP contribution in [0, 0.1) is 5.92 Å². The highest BCUT2D eigenvalue weighted by Crippen LogP contribution is 2.23. The number of fused-ring (bicyclic) bond motifs is 1. The second-order valence-electron chi connectivity index (χ2n) is 7.08. The second kappa shape index (κ2) is 7.81. The van der Waals surface area contributed by atoms with Crippen molar-refractivity contribution in [1.82, 2.24) is 29.4 Å². The van der Waals surface area contributed by atoms with Crippen molar-refractivity contribution in [3.63, 3.8) is 0 Å². The molecule has 9 heteroatoms. The van der Waals surface area contributed by atoms with Crippen molar-refractivity contribution >= 4 is 10.0 Å². The zero-order chi connectivity index (χ0) is 18.7. The summed E-state index contributed by atoms with van der Waals surface area (Å²) in [5.41, 5.74) is 1.05. The largest absolute Gasteiger partial charge is 0.312 e. The van der Waals surface area contributed by atoms with Gasteiger partial charge in [-0.2, -0.15) is 0 Å². The van der Waals surface area contributed by atoms with Crippen LogP contribution in [0.25, 0.3) is 0 Å². The highest BCUT2D eigenvalue weighted by Gasteiger charge is 2.28. The van der Waals surface area contributed by atoms with E-state index < -0.39 is 10.0 Å². The normalized spacial score (nSPS) is 17.1. The lowest BCUT2D eigenvalue weighted by atomic mass is 10.1. The lowest BCUT2D eigenvalue weighted by Crippen LogP contribution is -2.33. The van der Waals surface area contributed by atoms with Gasteiger partial charge in [0.15, 0.2) is 5.82 Å². The van der Waals surface area contributed by atoms with Gasteiger partial charge < -0.3 is 4.57 Å². The summed E-state index contributed by atoms with van der Waals surface area (Å²) >= 11 is 0. The van der Waals surface area contributed by atoms with E-state index in [1.54, 1.807) is 0 Å². The van der Waals surface area contributed by atoms with Gasteiger partial charge in [0.25, 0.3) is 0 Å². The van der Waals surface area contributed by atoms with Crippen LogP contribution in [0.4, 0.5) is 0 Å². The molecule has 0 bridgehead atoms. The van der Waals surface area contributed by atoms with Crippen LogP contribution in [-0.2, 0) is 29.5 Å². The van der Waals surface area contributed by atoms with Gasteiger partial charge in [0.05, 0.1) is 18.0 Å². The molecule has 2 aromatic rings. The maximum atomic E-state index is 11.7. The van der Waals surface area contributed by atoms with Gasteiger partial charge in [0.2, 0.25) is 10.0 Å². The molecular formula is C17H26N6O2S. The van der Waals surface area contributed by atoms with Crippen LogP contribution in [0.2, 0.25) is 0 Å². The number of hydrogen-bond donors (Lipinski definition) is 1. The Morgan fingerprint density at radius 1 is 1.19 bits per heavy atom. The molecule has 26 heavy (non-hydrogen) atoms. The molecular weight excluding hydrogens is 352 g/mol. The lowest BCUT2D eigenvalue weighted by Gasteiger charge is -2.22. The van der Waals surface area contributed by atoms with E-state index in [0.29, 0.717) is 5.82 Å². The first-order valence-corrected chi connectivity index (χ1v) is 10.7. The molecule has 0 fully saturated rings. The summed E-state index contributed by atoms with van der Waals surface area (Å²) in [6.07, 6.45) is 3.77. The summed E-state index contributed by atoms with van der Waals surface area (Å²) in [5.74, 6) is 1.68. The Hall–Kier alpha value is -1.84. The van der Waals surface area contributed by atoms with Gasteiger partial charge in [-0.15, -0.1) is 10.2 Å². The maximum absolute atomic E-state index is 11.7. The van der Waals surface area contributed by atoms with Gasteiger partial charge >= 0.3 is 0 Å². The zero-order valence-corrected chi connectivity index (χ0v) is 16.3. The quantitative estimate of drug-likeness (QED) is 0.805. The van der Waals surface area contributed by atoms with Crippen molar-refractivity contribution in [2.45, 2.75) is 39.4 Å². The molecule has 0 aromatic carbocycles. The van der Waals surface area contributed by atoms with Crippen molar-refractivity contribution in [3.05, 3.63) is 41.7 Å². The van der Waals surface area contributed by atoms with Crippen LogP contribution in [0.15, 0.2) is 24.4 Å². The maximum Gasteiger partial charge on any atom is 0.209 e. The second-order valence-corrected chi connectivity index (χ2v) is 8.87. The van der Waals surface area contributed by atoms with Crippen LogP contribution in [0.5, 0.6) is 0 Å². The Kier molecular flexibility index (Phi) is 5.69. The molecule has 1 N–H and O–H groups in total. The summed E-state index contributed by atoms with van der Waals surface area (Å²) in [7, 11) is -3.33.